The van der Waals surface area contributed by atoms with Gasteiger partial charge in [-0.3, -0.25) is 4.79 Å². The van der Waals surface area contributed by atoms with Gasteiger partial charge in [0.1, 0.15) is 0 Å². The molecular weight excluding hydrogens is 451 g/mol. The van der Waals surface area contributed by atoms with E-state index in [-0.39, 0.29) is 24.7 Å². The topological polar surface area (TPSA) is 220 Å². The van der Waals surface area contributed by atoms with Crippen molar-refractivity contribution in [1.82, 2.24) is 12.3 Å². The highest BCUT2D eigenvalue weighted by Gasteiger charge is 2.07. The number of aliphatic hydroxyl groups excluding tert-OH is 2. The summed E-state index contributed by atoms with van der Waals surface area (Å²) in [5, 5.41) is 26.0. The molecule has 0 aliphatic rings. The summed E-state index contributed by atoms with van der Waals surface area (Å²) in [6.07, 6.45) is 14.9. The maximum absolute atomic E-state index is 10.3. The molecule has 0 aromatic heterocycles. The summed E-state index contributed by atoms with van der Waals surface area (Å²) in [7, 11) is -2.85. The molecule has 2 atom stereocenters. The number of aliphatic hydroxyl groups is 2. The van der Waals surface area contributed by atoms with E-state index in [0.29, 0.717) is 12.8 Å². The smallest absolute Gasteiger partial charge is 0.303 e. The zero-order valence-corrected chi connectivity index (χ0v) is 21.8. The van der Waals surface area contributed by atoms with Gasteiger partial charge in [0.05, 0.1) is 23.0 Å². The van der Waals surface area contributed by atoms with Crippen molar-refractivity contribution in [2.75, 3.05) is 0 Å². The van der Waals surface area contributed by atoms with E-state index in [1.807, 2.05) is 6.92 Å². The Morgan fingerprint density at radius 2 is 1.10 bits per heavy atom. The monoisotopic (exact) mass is 500 g/mol. The van der Waals surface area contributed by atoms with Crippen LogP contribution in [-0.4, -0.2) is 33.5 Å². The van der Waals surface area contributed by atoms with E-state index >= 15 is 0 Å². The van der Waals surface area contributed by atoms with Crippen LogP contribution in [0.5, 0.6) is 0 Å². The van der Waals surface area contributed by atoms with Gasteiger partial charge in [-0.2, -0.15) is 0 Å². The SMILES string of the molecule is CCCC(O)C(C)O.CCCCCCCCCCCCCC(=O)O.[Cl-].[NH4+].[NH4+].[O-][Cl+2]([O-])[O-]. The molecule has 0 aliphatic heterocycles. The van der Waals surface area contributed by atoms with Crippen LogP contribution in [0.3, 0.4) is 0 Å². The van der Waals surface area contributed by atoms with Gasteiger partial charge in [-0.1, -0.05) is 84.5 Å². The Hall–Kier alpha value is -0.230. The van der Waals surface area contributed by atoms with Gasteiger partial charge < -0.3 is 54.0 Å². The second-order valence-electron chi connectivity index (χ2n) is 6.96. The van der Waals surface area contributed by atoms with Crippen LogP contribution in [0.1, 0.15) is 111 Å². The molecule has 196 valence electrons. The molecule has 0 saturated heterocycles. The quantitative estimate of drug-likeness (QED) is 0.185. The second kappa shape index (κ2) is 37.1. The number of halogens is 2. The highest BCUT2D eigenvalue weighted by Crippen LogP contribution is 2.11. The van der Waals surface area contributed by atoms with Crippen LogP contribution in [0, 0.1) is 10.8 Å². The minimum absolute atomic E-state index is 0. The van der Waals surface area contributed by atoms with Gasteiger partial charge in [-0.05, 0) is 19.8 Å². The Morgan fingerprint density at radius 3 is 1.32 bits per heavy atom. The van der Waals surface area contributed by atoms with Crippen molar-refractivity contribution in [1.29, 1.82) is 0 Å². The molecule has 0 spiro atoms. The lowest BCUT2D eigenvalue weighted by Crippen LogP contribution is -3.00. The Morgan fingerprint density at radius 1 is 0.774 bits per heavy atom. The summed E-state index contributed by atoms with van der Waals surface area (Å²) in [6.45, 7) is 5.82. The highest BCUT2D eigenvalue weighted by atomic mass is 35.6. The standard InChI is InChI=1S/C14H28O2.C6H14O2.ClO3.ClH.2H3N/c1-2-3-4-5-6-7-8-9-10-11-12-13-14(15)16;1-3-4-6(8)5(2)7;2-1(3)4;;;/h2-13H2,1H3,(H,15,16);5-8H,3-4H2,1-2H3;;1H;2*1H3/q;;-1;;;/p+1. The number of carboxylic acids is 1. The van der Waals surface area contributed by atoms with E-state index in [1.165, 1.54) is 57.8 Å². The molecule has 0 aromatic carbocycles. The predicted octanol–water partition coefficient (Wildman–Crippen LogP) is -0.510. The molecule has 0 aliphatic carbocycles. The van der Waals surface area contributed by atoms with Crippen LogP contribution in [0.4, 0.5) is 0 Å². The fourth-order valence-electron chi connectivity index (χ4n) is 2.48. The number of carbonyl (C=O) groups is 1. The third kappa shape index (κ3) is 58.7. The van der Waals surface area contributed by atoms with Crippen LogP contribution in [-0.2, 0) is 4.79 Å². The molecular formula is C20H50Cl2N2O7. The molecule has 9 nitrogen and oxygen atoms in total. The number of hydrogen-bond donors (Lipinski definition) is 5. The van der Waals surface area contributed by atoms with Gasteiger partial charge in [-0.25, -0.2) is 0 Å². The predicted molar refractivity (Wildman–Crippen MR) is 113 cm³/mol. The molecule has 0 saturated carbocycles. The summed E-state index contributed by atoms with van der Waals surface area (Å²) in [5.74, 6) is -0.657. The van der Waals surface area contributed by atoms with Crippen molar-refractivity contribution in [3.63, 3.8) is 0 Å². The van der Waals surface area contributed by atoms with Crippen molar-refractivity contribution in [3.8, 4) is 0 Å². The maximum Gasteiger partial charge on any atom is 0.303 e. The van der Waals surface area contributed by atoms with Crippen molar-refractivity contribution in [2.45, 2.75) is 123 Å². The fraction of sp³-hybridized carbons (Fsp3) is 0.950. The van der Waals surface area contributed by atoms with Crippen LogP contribution in [0.25, 0.3) is 0 Å². The fourth-order valence-corrected chi connectivity index (χ4v) is 2.48. The van der Waals surface area contributed by atoms with Gasteiger partial charge >= 0.3 is 5.97 Å². The minimum atomic E-state index is -2.85. The Labute approximate surface area is 198 Å². The van der Waals surface area contributed by atoms with E-state index < -0.39 is 29.0 Å². The van der Waals surface area contributed by atoms with Crippen molar-refractivity contribution >= 4 is 5.97 Å². The number of quaternary nitrogens is 2. The zero-order chi connectivity index (χ0) is 22.2. The first kappa shape index (κ1) is 44.4. The van der Waals surface area contributed by atoms with E-state index in [4.69, 9.17) is 29.3 Å². The summed E-state index contributed by atoms with van der Waals surface area (Å²) in [6, 6.07) is 0. The van der Waals surface area contributed by atoms with Crippen LogP contribution >= 0.6 is 0 Å². The van der Waals surface area contributed by atoms with Crippen LogP contribution in [0.2, 0.25) is 0 Å². The molecule has 0 amide bonds. The van der Waals surface area contributed by atoms with Crippen LogP contribution < -0.4 is 38.7 Å². The second-order valence-corrected chi connectivity index (χ2v) is 7.34. The molecule has 0 heterocycles. The lowest BCUT2D eigenvalue weighted by molar-refractivity contribution is -1.73. The first-order valence-corrected chi connectivity index (χ1v) is 11.4. The number of hydrogen-bond acceptors (Lipinski definition) is 6. The van der Waals surface area contributed by atoms with Crippen molar-refractivity contribution < 1.29 is 57.3 Å². The van der Waals surface area contributed by atoms with E-state index in [9.17, 15) is 4.79 Å². The number of carboxylic acid groups (broad SMARTS) is 1. The van der Waals surface area contributed by atoms with Gasteiger partial charge in [0, 0.05) is 6.42 Å². The number of aliphatic carboxylic acids is 1. The van der Waals surface area contributed by atoms with Gasteiger partial charge in [0.2, 0.25) is 0 Å². The number of rotatable bonds is 15. The van der Waals surface area contributed by atoms with E-state index in [0.717, 1.165) is 19.3 Å². The third-order valence-corrected chi connectivity index (χ3v) is 4.14. The van der Waals surface area contributed by atoms with E-state index in [1.54, 1.807) is 6.92 Å². The molecule has 0 rings (SSSR count). The largest absolute Gasteiger partial charge is 1.00 e. The summed E-state index contributed by atoms with van der Waals surface area (Å²) in [4.78, 5) is 10.3. The van der Waals surface area contributed by atoms with Gasteiger partial charge in [0.15, 0.2) is 0 Å². The summed E-state index contributed by atoms with van der Waals surface area (Å²) in [5.41, 5.74) is 0. The van der Waals surface area contributed by atoms with Crippen LogP contribution in [0.15, 0.2) is 0 Å². The third-order valence-electron chi connectivity index (χ3n) is 4.14. The Bertz CT molecular complexity index is 314. The first-order chi connectivity index (χ1) is 13.2. The van der Waals surface area contributed by atoms with E-state index in [2.05, 4.69) is 6.92 Å². The van der Waals surface area contributed by atoms with Gasteiger partial charge in [0.25, 0.3) is 0 Å². The molecule has 31 heavy (non-hydrogen) atoms. The maximum atomic E-state index is 10.3. The average molecular weight is 502 g/mol. The first-order valence-electron chi connectivity index (χ1n) is 10.5. The van der Waals surface area contributed by atoms with Crippen molar-refractivity contribution in [2.24, 2.45) is 0 Å². The minimum Gasteiger partial charge on any atom is -1.00 e. The highest BCUT2D eigenvalue weighted by molar-refractivity contribution is 5.66. The lowest BCUT2D eigenvalue weighted by atomic mass is 10.1. The van der Waals surface area contributed by atoms with Gasteiger partial charge in [-0.15, -0.1) is 0 Å². The molecule has 11 N–H and O–H groups in total. The summed E-state index contributed by atoms with van der Waals surface area (Å²) >= 11 is 0. The normalized spacial score (nSPS) is 11.3. The Balaban J connectivity index is -0.0000000885. The molecule has 2 unspecified atom stereocenters. The summed E-state index contributed by atoms with van der Waals surface area (Å²) < 4.78 is 25.2. The molecule has 11 heteroatoms. The molecule has 0 radical (unpaired) electrons. The zero-order valence-electron chi connectivity index (χ0n) is 20.3. The number of unbranched alkanes of at least 4 members (excludes halogenated alkanes) is 10. The molecule has 0 fully saturated rings. The lowest BCUT2D eigenvalue weighted by Gasteiger charge is -2.10. The molecule has 0 bridgehead atoms. The molecule has 0 aromatic rings. The van der Waals surface area contributed by atoms with Crippen molar-refractivity contribution in [3.05, 3.63) is 0 Å². The average Bonchev–Trinajstić information content (AvgIpc) is 2.59. The Kier molecular flexibility index (Phi) is 53.2.